The van der Waals surface area contributed by atoms with Crippen LogP contribution in [-0.4, -0.2) is 22.4 Å². The Kier molecular flexibility index (Phi) is 4.58. The van der Waals surface area contributed by atoms with Gasteiger partial charge in [-0.2, -0.15) is 5.10 Å². The zero-order valence-electron chi connectivity index (χ0n) is 11.8. The molecule has 0 bridgehead atoms. The summed E-state index contributed by atoms with van der Waals surface area (Å²) in [6.07, 6.45) is 3.94. The molecule has 102 valence electrons. The highest BCUT2D eigenvalue weighted by Gasteiger charge is 2.02. The van der Waals surface area contributed by atoms with Crippen molar-refractivity contribution in [3.8, 4) is 11.4 Å². The van der Waals surface area contributed by atoms with E-state index in [-0.39, 0.29) is 0 Å². The molecule has 4 nitrogen and oxygen atoms in total. The van der Waals surface area contributed by atoms with Gasteiger partial charge in [-0.1, -0.05) is 13.8 Å². The first-order valence-electron chi connectivity index (χ1n) is 6.69. The average molecular weight is 259 g/mol. The van der Waals surface area contributed by atoms with Crippen LogP contribution in [0.5, 0.6) is 5.75 Å². The number of rotatable bonds is 6. The molecule has 2 aromatic rings. The molecule has 2 rings (SSSR count). The topological polar surface area (TPSA) is 39.1 Å². The summed E-state index contributed by atoms with van der Waals surface area (Å²) < 4.78 is 7.31. The van der Waals surface area contributed by atoms with Gasteiger partial charge >= 0.3 is 0 Å². The second-order valence-corrected chi connectivity index (χ2v) is 4.76. The van der Waals surface area contributed by atoms with Gasteiger partial charge in [-0.25, -0.2) is 4.68 Å². The van der Waals surface area contributed by atoms with Crippen LogP contribution in [0.3, 0.4) is 0 Å². The van der Waals surface area contributed by atoms with Crippen molar-refractivity contribution in [1.29, 1.82) is 0 Å². The molecule has 1 aromatic carbocycles. The largest absolute Gasteiger partial charge is 0.494 e. The van der Waals surface area contributed by atoms with Crippen LogP contribution in [0.25, 0.3) is 5.69 Å². The molecule has 0 fully saturated rings. The van der Waals surface area contributed by atoms with Crippen molar-refractivity contribution in [3.63, 3.8) is 0 Å². The fourth-order valence-electron chi connectivity index (χ4n) is 1.78. The molecule has 0 aliphatic carbocycles. The summed E-state index contributed by atoms with van der Waals surface area (Å²) in [4.78, 5) is 0. The van der Waals surface area contributed by atoms with Crippen LogP contribution in [0.4, 0.5) is 0 Å². The molecular weight excluding hydrogens is 238 g/mol. The summed E-state index contributed by atoms with van der Waals surface area (Å²) in [6, 6.07) is 8.43. The number of nitrogens with zero attached hydrogens (tertiary/aromatic N) is 2. The van der Waals surface area contributed by atoms with Crippen molar-refractivity contribution < 1.29 is 4.74 Å². The predicted molar refractivity (Wildman–Crippen MR) is 76.7 cm³/mol. The van der Waals surface area contributed by atoms with Gasteiger partial charge in [0.15, 0.2) is 0 Å². The Morgan fingerprint density at radius 3 is 2.63 bits per heavy atom. The molecule has 0 amide bonds. The number of benzene rings is 1. The summed E-state index contributed by atoms with van der Waals surface area (Å²) in [5.41, 5.74) is 2.22. The van der Waals surface area contributed by atoms with Crippen molar-refractivity contribution >= 4 is 0 Å². The molecule has 1 heterocycles. The molecule has 0 radical (unpaired) electrons. The van der Waals surface area contributed by atoms with E-state index in [0.29, 0.717) is 12.6 Å². The van der Waals surface area contributed by atoms with Gasteiger partial charge in [0, 0.05) is 24.3 Å². The maximum atomic E-state index is 5.43. The average Bonchev–Trinajstić information content (AvgIpc) is 2.86. The lowest BCUT2D eigenvalue weighted by molar-refractivity contribution is 0.340. The van der Waals surface area contributed by atoms with Crippen molar-refractivity contribution in [2.24, 2.45) is 0 Å². The summed E-state index contributed by atoms with van der Waals surface area (Å²) >= 11 is 0. The van der Waals surface area contributed by atoms with Gasteiger partial charge in [0.25, 0.3) is 0 Å². The molecule has 0 atom stereocenters. The van der Waals surface area contributed by atoms with E-state index in [1.54, 1.807) is 0 Å². The molecule has 0 unspecified atom stereocenters. The van der Waals surface area contributed by atoms with Crippen LogP contribution in [0.1, 0.15) is 26.3 Å². The fourth-order valence-corrected chi connectivity index (χ4v) is 1.78. The lowest BCUT2D eigenvalue weighted by Crippen LogP contribution is -2.21. The molecule has 0 aliphatic rings. The minimum atomic E-state index is 0.480. The first kappa shape index (κ1) is 13.6. The van der Waals surface area contributed by atoms with Gasteiger partial charge in [0.1, 0.15) is 5.75 Å². The first-order valence-corrected chi connectivity index (χ1v) is 6.69. The van der Waals surface area contributed by atoms with Crippen LogP contribution in [0.15, 0.2) is 36.7 Å². The Balaban J connectivity index is 2.05. The molecule has 0 saturated heterocycles. The van der Waals surface area contributed by atoms with Gasteiger partial charge in [0.05, 0.1) is 18.5 Å². The molecule has 1 aromatic heterocycles. The van der Waals surface area contributed by atoms with E-state index in [1.165, 1.54) is 5.56 Å². The van der Waals surface area contributed by atoms with E-state index in [2.05, 4.69) is 24.3 Å². The van der Waals surface area contributed by atoms with Crippen LogP contribution in [0, 0.1) is 0 Å². The van der Waals surface area contributed by atoms with E-state index >= 15 is 0 Å². The van der Waals surface area contributed by atoms with Crippen LogP contribution >= 0.6 is 0 Å². The lowest BCUT2D eigenvalue weighted by Gasteiger charge is -2.06. The highest BCUT2D eigenvalue weighted by atomic mass is 16.5. The maximum Gasteiger partial charge on any atom is 0.119 e. The van der Waals surface area contributed by atoms with E-state index in [9.17, 15) is 0 Å². The van der Waals surface area contributed by atoms with Gasteiger partial charge < -0.3 is 10.1 Å². The molecule has 4 heteroatoms. The standard InChI is InChI=1S/C15H21N3O/c1-4-19-15-7-5-14(6-8-15)18-11-13(10-17-18)9-16-12(2)3/h5-8,10-12,16H,4,9H2,1-3H3. The maximum absolute atomic E-state index is 5.43. The smallest absolute Gasteiger partial charge is 0.119 e. The van der Waals surface area contributed by atoms with E-state index in [0.717, 1.165) is 18.0 Å². The number of aromatic nitrogens is 2. The number of nitrogens with one attached hydrogen (secondary N) is 1. The van der Waals surface area contributed by atoms with Crippen molar-refractivity contribution in [3.05, 3.63) is 42.2 Å². The Labute approximate surface area is 114 Å². The lowest BCUT2D eigenvalue weighted by atomic mass is 10.3. The van der Waals surface area contributed by atoms with E-state index < -0.39 is 0 Å². The Morgan fingerprint density at radius 2 is 2.00 bits per heavy atom. The second kappa shape index (κ2) is 6.38. The predicted octanol–water partition coefficient (Wildman–Crippen LogP) is 2.77. The molecule has 0 saturated carbocycles. The van der Waals surface area contributed by atoms with Crippen molar-refractivity contribution in [2.45, 2.75) is 33.4 Å². The van der Waals surface area contributed by atoms with Gasteiger partial charge in [-0.3, -0.25) is 0 Å². The normalized spacial score (nSPS) is 10.9. The monoisotopic (exact) mass is 259 g/mol. The van der Waals surface area contributed by atoms with Crippen LogP contribution in [-0.2, 0) is 6.54 Å². The summed E-state index contributed by atoms with van der Waals surface area (Å²) in [6.45, 7) is 7.78. The SMILES string of the molecule is CCOc1ccc(-n2cc(CNC(C)C)cn2)cc1. The third-order valence-electron chi connectivity index (χ3n) is 2.76. The molecule has 19 heavy (non-hydrogen) atoms. The molecule has 0 spiro atoms. The number of ether oxygens (including phenoxy) is 1. The number of hydrogen-bond acceptors (Lipinski definition) is 3. The quantitative estimate of drug-likeness (QED) is 0.867. The second-order valence-electron chi connectivity index (χ2n) is 4.76. The Morgan fingerprint density at radius 1 is 1.26 bits per heavy atom. The van der Waals surface area contributed by atoms with Crippen LogP contribution in [0.2, 0.25) is 0 Å². The highest BCUT2D eigenvalue weighted by molar-refractivity contribution is 5.37. The molecule has 0 aliphatic heterocycles. The van der Waals surface area contributed by atoms with E-state index in [1.807, 2.05) is 48.3 Å². The minimum Gasteiger partial charge on any atom is -0.494 e. The first-order chi connectivity index (χ1) is 9.19. The third-order valence-corrected chi connectivity index (χ3v) is 2.76. The zero-order valence-corrected chi connectivity index (χ0v) is 11.8. The van der Waals surface area contributed by atoms with Crippen molar-refractivity contribution in [1.82, 2.24) is 15.1 Å². The van der Waals surface area contributed by atoms with Gasteiger partial charge in [0.2, 0.25) is 0 Å². The zero-order chi connectivity index (χ0) is 13.7. The highest BCUT2D eigenvalue weighted by Crippen LogP contribution is 2.15. The summed E-state index contributed by atoms with van der Waals surface area (Å²) in [5, 5.41) is 7.75. The summed E-state index contributed by atoms with van der Waals surface area (Å²) in [5.74, 6) is 0.889. The Bertz CT molecular complexity index is 502. The van der Waals surface area contributed by atoms with Crippen molar-refractivity contribution in [2.75, 3.05) is 6.61 Å². The fraction of sp³-hybridized carbons (Fsp3) is 0.400. The Hall–Kier alpha value is -1.81. The van der Waals surface area contributed by atoms with Crippen LogP contribution < -0.4 is 10.1 Å². The molecule has 1 N–H and O–H groups in total. The van der Waals surface area contributed by atoms with Gasteiger partial charge in [-0.15, -0.1) is 0 Å². The minimum absolute atomic E-state index is 0.480. The van der Waals surface area contributed by atoms with E-state index in [4.69, 9.17) is 4.74 Å². The third kappa shape index (κ3) is 3.83. The number of hydrogen-bond donors (Lipinski definition) is 1. The summed E-state index contributed by atoms with van der Waals surface area (Å²) in [7, 11) is 0. The van der Waals surface area contributed by atoms with Gasteiger partial charge in [-0.05, 0) is 31.2 Å². The molecular formula is C15H21N3O.